The second kappa shape index (κ2) is 8.38. The van der Waals surface area contributed by atoms with Gasteiger partial charge >= 0.3 is 0 Å². The number of benzene rings is 5. The molecule has 0 aliphatic rings. The Morgan fingerprint density at radius 2 is 1.38 bits per heavy atom. The van der Waals surface area contributed by atoms with E-state index >= 15 is 0 Å². The number of nitrogens with zero attached hydrogens (tertiary/aromatic N) is 4. The molecule has 8 rings (SSSR count). The third-order valence-electron chi connectivity index (χ3n) is 7.10. The van der Waals surface area contributed by atoms with Crippen LogP contribution in [0.5, 0.6) is 0 Å². The first-order chi connectivity index (χ1) is 19.2. The molecule has 0 bridgehead atoms. The molecule has 0 aliphatic carbocycles. The van der Waals surface area contributed by atoms with E-state index in [1.54, 1.807) is 11.3 Å². The fourth-order valence-electron chi connectivity index (χ4n) is 5.24. The SMILES string of the molecule is N#Cc1ccc(-n2c3ccc(-c4nc5ccccc5o4)cc3c3cc(-c4nc5ccccc5s4)ccc32)cc1. The Bertz CT molecular complexity index is 2050. The van der Waals surface area contributed by atoms with Gasteiger partial charge in [0.2, 0.25) is 5.89 Å². The lowest BCUT2D eigenvalue weighted by Gasteiger charge is -2.08. The van der Waals surface area contributed by atoms with E-state index in [2.05, 4.69) is 59.2 Å². The van der Waals surface area contributed by atoms with Gasteiger partial charge in [-0.1, -0.05) is 24.3 Å². The number of para-hydroxylation sites is 3. The maximum Gasteiger partial charge on any atom is 0.227 e. The van der Waals surface area contributed by atoms with E-state index < -0.39 is 0 Å². The van der Waals surface area contributed by atoms with Gasteiger partial charge in [0.25, 0.3) is 0 Å². The van der Waals surface area contributed by atoms with Crippen LogP contribution >= 0.6 is 11.3 Å². The predicted octanol–water partition coefficient (Wildman–Crippen LogP) is 8.74. The maximum atomic E-state index is 9.31. The molecule has 3 heterocycles. The van der Waals surface area contributed by atoms with Gasteiger partial charge in [-0.05, 0) is 84.9 Å². The van der Waals surface area contributed by atoms with Crippen LogP contribution in [0.1, 0.15) is 5.56 Å². The fraction of sp³-hybridized carbons (Fsp3) is 0. The summed E-state index contributed by atoms with van der Waals surface area (Å²) in [7, 11) is 0. The molecule has 0 amide bonds. The molecule has 0 spiro atoms. The lowest BCUT2D eigenvalue weighted by Crippen LogP contribution is -1.94. The molecule has 0 atom stereocenters. The molecule has 39 heavy (non-hydrogen) atoms. The van der Waals surface area contributed by atoms with Crippen molar-refractivity contribution >= 4 is 54.5 Å². The minimum Gasteiger partial charge on any atom is -0.436 e. The van der Waals surface area contributed by atoms with Crippen molar-refractivity contribution in [3.63, 3.8) is 0 Å². The lowest BCUT2D eigenvalue weighted by molar-refractivity contribution is 0.620. The molecule has 0 unspecified atom stereocenters. The number of thiazole rings is 1. The molecule has 0 saturated heterocycles. The summed E-state index contributed by atoms with van der Waals surface area (Å²) in [6.07, 6.45) is 0. The van der Waals surface area contributed by atoms with Crippen LogP contribution in [0.4, 0.5) is 0 Å². The highest BCUT2D eigenvalue weighted by molar-refractivity contribution is 7.21. The third kappa shape index (κ3) is 3.45. The van der Waals surface area contributed by atoms with Crippen molar-refractivity contribution in [3.8, 4) is 33.8 Å². The van der Waals surface area contributed by atoms with Crippen molar-refractivity contribution in [1.82, 2.24) is 14.5 Å². The van der Waals surface area contributed by atoms with E-state index in [0.717, 1.165) is 60.2 Å². The van der Waals surface area contributed by atoms with Crippen LogP contribution in [0.25, 0.3) is 70.8 Å². The zero-order chi connectivity index (χ0) is 25.9. The van der Waals surface area contributed by atoms with Crippen LogP contribution in [0.2, 0.25) is 0 Å². The molecular formula is C33H18N4OS. The van der Waals surface area contributed by atoms with E-state index in [-0.39, 0.29) is 0 Å². The van der Waals surface area contributed by atoms with Crippen LogP contribution < -0.4 is 0 Å². The number of hydrogen-bond donors (Lipinski definition) is 0. The lowest BCUT2D eigenvalue weighted by atomic mass is 10.1. The highest BCUT2D eigenvalue weighted by atomic mass is 32.1. The van der Waals surface area contributed by atoms with Crippen molar-refractivity contribution in [1.29, 1.82) is 5.26 Å². The molecule has 0 aliphatic heterocycles. The van der Waals surface area contributed by atoms with Crippen molar-refractivity contribution in [2.24, 2.45) is 0 Å². The molecule has 5 nitrogen and oxygen atoms in total. The molecule has 3 aromatic heterocycles. The zero-order valence-electron chi connectivity index (χ0n) is 20.5. The Hall–Kier alpha value is -5.25. The zero-order valence-corrected chi connectivity index (χ0v) is 21.3. The van der Waals surface area contributed by atoms with Crippen LogP contribution in [0, 0.1) is 11.3 Å². The normalized spacial score (nSPS) is 11.6. The van der Waals surface area contributed by atoms with Crippen LogP contribution in [-0.2, 0) is 0 Å². The fourth-order valence-corrected chi connectivity index (χ4v) is 6.21. The van der Waals surface area contributed by atoms with Gasteiger partial charge in [0, 0.05) is 27.6 Å². The molecule has 0 fully saturated rings. The van der Waals surface area contributed by atoms with Gasteiger partial charge in [0.1, 0.15) is 10.5 Å². The number of rotatable bonds is 3. The van der Waals surface area contributed by atoms with E-state index in [4.69, 9.17) is 14.4 Å². The van der Waals surface area contributed by atoms with E-state index in [0.29, 0.717) is 11.5 Å². The monoisotopic (exact) mass is 518 g/mol. The highest BCUT2D eigenvalue weighted by Crippen LogP contribution is 2.38. The van der Waals surface area contributed by atoms with E-state index in [1.807, 2.05) is 60.7 Å². The predicted molar refractivity (Wildman–Crippen MR) is 157 cm³/mol. The first-order valence-corrected chi connectivity index (χ1v) is 13.4. The molecule has 5 aromatic carbocycles. The third-order valence-corrected chi connectivity index (χ3v) is 8.19. The first-order valence-electron chi connectivity index (χ1n) is 12.6. The van der Waals surface area contributed by atoms with Crippen molar-refractivity contribution in [2.75, 3.05) is 0 Å². The Labute approximate surface area is 226 Å². The summed E-state index contributed by atoms with van der Waals surface area (Å²) in [4.78, 5) is 9.63. The topological polar surface area (TPSA) is 67.6 Å². The summed E-state index contributed by atoms with van der Waals surface area (Å²) in [5.41, 5.74) is 8.39. The van der Waals surface area contributed by atoms with Crippen LogP contribution in [-0.4, -0.2) is 14.5 Å². The summed E-state index contributed by atoms with van der Waals surface area (Å²) < 4.78 is 9.51. The number of nitriles is 1. The Morgan fingerprint density at radius 3 is 2.13 bits per heavy atom. The van der Waals surface area contributed by atoms with Gasteiger partial charge in [-0.15, -0.1) is 11.3 Å². The molecule has 8 aromatic rings. The van der Waals surface area contributed by atoms with Gasteiger partial charge < -0.3 is 8.98 Å². The van der Waals surface area contributed by atoms with Gasteiger partial charge in [-0.25, -0.2) is 9.97 Å². The minimum absolute atomic E-state index is 0.597. The van der Waals surface area contributed by atoms with Crippen molar-refractivity contribution < 1.29 is 4.42 Å². The average Bonchev–Trinajstić information content (AvgIpc) is 3.70. The molecular weight excluding hydrogens is 500 g/mol. The summed E-state index contributed by atoms with van der Waals surface area (Å²) in [5.74, 6) is 0.597. The second-order valence-electron chi connectivity index (χ2n) is 9.43. The average molecular weight is 519 g/mol. The highest BCUT2D eigenvalue weighted by Gasteiger charge is 2.17. The van der Waals surface area contributed by atoms with E-state index in [9.17, 15) is 5.26 Å². The largest absolute Gasteiger partial charge is 0.436 e. The smallest absolute Gasteiger partial charge is 0.227 e. The first kappa shape index (κ1) is 21.8. The summed E-state index contributed by atoms with van der Waals surface area (Å²) in [6.45, 7) is 0. The molecule has 0 N–H and O–H groups in total. The summed E-state index contributed by atoms with van der Waals surface area (Å²) in [6, 6.07) is 38.8. The summed E-state index contributed by atoms with van der Waals surface area (Å²) >= 11 is 1.70. The number of oxazole rings is 1. The van der Waals surface area contributed by atoms with Gasteiger partial charge in [0.05, 0.1) is 32.9 Å². The number of hydrogen-bond acceptors (Lipinski definition) is 5. The molecule has 0 radical (unpaired) electrons. The van der Waals surface area contributed by atoms with Crippen LogP contribution in [0.3, 0.4) is 0 Å². The van der Waals surface area contributed by atoms with Gasteiger partial charge in [-0.2, -0.15) is 5.26 Å². The number of aromatic nitrogens is 3. The van der Waals surface area contributed by atoms with Crippen molar-refractivity contribution in [2.45, 2.75) is 0 Å². The number of fused-ring (bicyclic) bond motifs is 5. The second-order valence-corrected chi connectivity index (χ2v) is 10.5. The minimum atomic E-state index is 0.597. The molecule has 0 saturated carbocycles. The quantitative estimate of drug-likeness (QED) is 0.234. The maximum absolute atomic E-state index is 9.31. The standard InChI is InChI=1S/C33H18N4OS/c34-19-20-9-13-23(14-10-20)37-28-15-11-21(32-35-26-5-1-3-7-30(26)38-32)17-24(28)25-18-22(12-16-29(25)37)33-36-27-6-2-4-8-31(27)39-33/h1-18H. The molecule has 182 valence electrons. The van der Waals surface area contributed by atoms with Crippen LogP contribution in [0.15, 0.2) is 114 Å². The van der Waals surface area contributed by atoms with Gasteiger partial charge in [-0.3, -0.25) is 0 Å². The summed E-state index contributed by atoms with van der Waals surface area (Å²) in [5, 5.41) is 12.5. The Morgan fingerprint density at radius 1 is 0.692 bits per heavy atom. The Balaban J connectivity index is 1.38. The van der Waals surface area contributed by atoms with E-state index in [1.165, 1.54) is 4.70 Å². The van der Waals surface area contributed by atoms with Gasteiger partial charge in [0.15, 0.2) is 5.58 Å². The van der Waals surface area contributed by atoms with Crippen molar-refractivity contribution in [3.05, 3.63) is 115 Å². The molecule has 6 heteroatoms. The Kier molecular flexibility index (Phi) is 4.69.